The highest BCUT2D eigenvalue weighted by Crippen LogP contribution is 2.61. The molecular formula is C20H19ClFN5O2. The summed E-state index contributed by atoms with van der Waals surface area (Å²) in [5.41, 5.74) is 1.48. The van der Waals surface area contributed by atoms with Crippen molar-refractivity contribution in [3.8, 4) is 5.75 Å². The van der Waals surface area contributed by atoms with Gasteiger partial charge in [0.25, 0.3) is 5.91 Å². The van der Waals surface area contributed by atoms with E-state index in [-0.39, 0.29) is 34.4 Å². The Morgan fingerprint density at radius 3 is 2.90 bits per heavy atom. The van der Waals surface area contributed by atoms with Crippen LogP contribution in [0.15, 0.2) is 36.8 Å². The van der Waals surface area contributed by atoms with E-state index in [9.17, 15) is 9.18 Å². The van der Waals surface area contributed by atoms with Gasteiger partial charge in [0.2, 0.25) is 0 Å². The maximum absolute atomic E-state index is 13.4. The van der Waals surface area contributed by atoms with E-state index in [1.807, 2.05) is 23.7 Å². The Morgan fingerprint density at radius 2 is 2.14 bits per heavy atom. The molecule has 3 aliphatic carbocycles. The first-order valence-corrected chi connectivity index (χ1v) is 9.71. The van der Waals surface area contributed by atoms with Crippen LogP contribution in [0.4, 0.5) is 10.2 Å². The molecule has 150 valence electrons. The third-order valence-corrected chi connectivity index (χ3v) is 5.88. The molecule has 2 heterocycles. The molecule has 3 aromatic rings. The van der Waals surface area contributed by atoms with Gasteiger partial charge < -0.3 is 19.8 Å². The van der Waals surface area contributed by atoms with E-state index in [4.69, 9.17) is 16.3 Å². The quantitative estimate of drug-likeness (QED) is 0.646. The Bertz CT molecular complexity index is 1110. The smallest absolute Gasteiger partial charge is 0.258 e. The average molecular weight is 416 g/mol. The van der Waals surface area contributed by atoms with Gasteiger partial charge in [-0.15, -0.1) is 0 Å². The predicted octanol–water partition coefficient (Wildman–Crippen LogP) is 3.11. The van der Waals surface area contributed by atoms with Crippen molar-refractivity contribution in [1.29, 1.82) is 0 Å². The number of nitrogens with one attached hydrogen (secondary N) is 2. The summed E-state index contributed by atoms with van der Waals surface area (Å²) in [7, 11) is 0. The third kappa shape index (κ3) is 3.17. The number of carbonyl (C=O) groups excluding carboxylic acids is 1. The Balaban J connectivity index is 1.16. The second-order valence-corrected chi connectivity index (χ2v) is 8.42. The molecule has 0 spiro atoms. The summed E-state index contributed by atoms with van der Waals surface area (Å²) in [5.74, 6) is 0.228. The van der Waals surface area contributed by atoms with Crippen LogP contribution in [0.2, 0.25) is 5.02 Å². The summed E-state index contributed by atoms with van der Waals surface area (Å²) in [6.07, 6.45) is 8.04. The first-order chi connectivity index (χ1) is 13.9. The number of halogens is 2. The number of imidazole rings is 1. The molecule has 2 aromatic heterocycles. The Labute approximate surface area is 171 Å². The Hall–Kier alpha value is -2.87. The number of nitrogens with zero attached hydrogens (tertiary/aromatic N) is 3. The van der Waals surface area contributed by atoms with Crippen LogP contribution in [-0.4, -0.2) is 38.0 Å². The molecule has 2 N–H and O–H groups in total. The molecule has 29 heavy (non-hydrogen) atoms. The highest BCUT2D eigenvalue weighted by atomic mass is 35.5. The number of amides is 1. The standard InChI is InChI=1S/C20H19ClFN5O2/c1-12-7-27-5-4-23-17(18(27)24-12)26-20-9-19(10-20,11-20)25-16(28)8-29-13-2-3-14(21)15(22)6-13/h2-7H,8-11H2,1H3,(H,23,26)(H,25,28). The van der Waals surface area contributed by atoms with Crippen LogP contribution in [-0.2, 0) is 4.79 Å². The van der Waals surface area contributed by atoms with Crippen molar-refractivity contribution in [3.05, 3.63) is 53.3 Å². The fourth-order valence-corrected chi connectivity index (χ4v) is 4.60. The van der Waals surface area contributed by atoms with Gasteiger partial charge in [-0.1, -0.05) is 11.6 Å². The largest absolute Gasteiger partial charge is 0.484 e. The Morgan fingerprint density at radius 1 is 1.34 bits per heavy atom. The lowest BCUT2D eigenvalue weighted by molar-refractivity contribution is -0.135. The normalized spacial score (nSPS) is 24.5. The highest BCUT2D eigenvalue weighted by molar-refractivity contribution is 6.30. The molecule has 6 rings (SSSR count). The highest BCUT2D eigenvalue weighted by Gasteiger charge is 2.69. The predicted molar refractivity (Wildman–Crippen MR) is 106 cm³/mol. The third-order valence-electron chi connectivity index (χ3n) is 5.57. The number of hydrogen-bond acceptors (Lipinski definition) is 5. The molecule has 2 bridgehead atoms. The molecular weight excluding hydrogens is 397 g/mol. The number of ether oxygens (including phenoxy) is 1. The van der Waals surface area contributed by atoms with Crippen LogP contribution in [0.25, 0.3) is 5.65 Å². The maximum atomic E-state index is 13.4. The summed E-state index contributed by atoms with van der Waals surface area (Å²) in [6, 6.07) is 4.10. The van der Waals surface area contributed by atoms with E-state index >= 15 is 0 Å². The van der Waals surface area contributed by atoms with Crippen LogP contribution < -0.4 is 15.4 Å². The molecule has 1 amide bonds. The number of hydrogen-bond donors (Lipinski definition) is 2. The summed E-state index contributed by atoms with van der Waals surface area (Å²) in [5, 5.41) is 6.57. The van der Waals surface area contributed by atoms with Crippen molar-refractivity contribution in [2.24, 2.45) is 0 Å². The molecule has 1 aromatic carbocycles. The van der Waals surface area contributed by atoms with Gasteiger partial charge in [-0.3, -0.25) is 4.79 Å². The second-order valence-electron chi connectivity index (χ2n) is 8.02. The molecule has 3 aliphatic rings. The van der Waals surface area contributed by atoms with Gasteiger partial charge in [0.1, 0.15) is 11.6 Å². The topological polar surface area (TPSA) is 80.5 Å². The fraction of sp³-hybridized carbons (Fsp3) is 0.350. The number of benzene rings is 1. The molecule has 0 saturated heterocycles. The van der Waals surface area contributed by atoms with Crippen molar-refractivity contribution in [2.75, 3.05) is 11.9 Å². The van der Waals surface area contributed by atoms with Crippen LogP contribution >= 0.6 is 11.6 Å². The molecule has 9 heteroatoms. The number of aromatic nitrogens is 3. The summed E-state index contributed by atoms with van der Waals surface area (Å²) < 4.78 is 20.7. The van der Waals surface area contributed by atoms with Crippen LogP contribution in [0.3, 0.4) is 0 Å². The average Bonchev–Trinajstić information content (AvgIpc) is 3.01. The van der Waals surface area contributed by atoms with Gasteiger partial charge in [-0.2, -0.15) is 0 Å². The first kappa shape index (κ1) is 18.2. The van der Waals surface area contributed by atoms with Gasteiger partial charge in [0.05, 0.1) is 10.7 Å². The number of anilines is 1. The lowest BCUT2D eigenvalue weighted by atomic mass is 9.44. The van der Waals surface area contributed by atoms with E-state index in [0.717, 1.165) is 36.4 Å². The zero-order valence-electron chi connectivity index (χ0n) is 15.7. The van der Waals surface area contributed by atoms with Crippen LogP contribution in [0, 0.1) is 12.7 Å². The molecule has 0 atom stereocenters. The number of carbonyl (C=O) groups is 1. The zero-order chi connectivity index (χ0) is 20.2. The van der Waals surface area contributed by atoms with Gasteiger partial charge in [-0.25, -0.2) is 14.4 Å². The maximum Gasteiger partial charge on any atom is 0.258 e. The summed E-state index contributed by atoms with van der Waals surface area (Å²) in [6.45, 7) is 1.78. The van der Waals surface area contributed by atoms with Gasteiger partial charge in [-0.05, 0) is 38.3 Å². The second kappa shape index (κ2) is 6.32. The molecule has 0 radical (unpaired) electrons. The van der Waals surface area contributed by atoms with Crippen molar-refractivity contribution < 1.29 is 13.9 Å². The zero-order valence-corrected chi connectivity index (χ0v) is 16.5. The number of rotatable bonds is 6. The molecule has 3 fully saturated rings. The lowest BCUT2D eigenvalue weighted by Gasteiger charge is -2.70. The lowest BCUT2D eigenvalue weighted by Crippen LogP contribution is -2.81. The molecule has 0 unspecified atom stereocenters. The summed E-state index contributed by atoms with van der Waals surface area (Å²) in [4.78, 5) is 21.2. The minimum atomic E-state index is -0.576. The molecule has 7 nitrogen and oxygen atoms in total. The van der Waals surface area contributed by atoms with Crippen molar-refractivity contribution in [2.45, 2.75) is 37.3 Å². The fourth-order valence-electron chi connectivity index (χ4n) is 4.48. The van der Waals surface area contributed by atoms with Crippen molar-refractivity contribution in [3.63, 3.8) is 0 Å². The number of aryl methyl sites for hydroxylation is 1. The van der Waals surface area contributed by atoms with E-state index in [1.165, 1.54) is 18.2 Å². The van der Waals surface area contributed by atoms with Gasteiger partial charge >= 0.3 is 0 Å². The summed E-state index contributed by atoms with van der Waals surface area (Å²) >= 11 is 5.64. The minimum absolute atomic E-state index is 0.0177. The monoisotopic (exact) mass is 415 g/mol. The Kier molecular flexibility index (Phi) is 3.96. The molecule has 0 aliphatic heterocycles. The van der Waals surface area contributed by atoms with Crippen LogP contribution in [0.5, 0.6) is 5.75 Å². The van der Waals surface area contributed by atoms with E-state index in [0.29, 0.717) is 0 Å². The number of fused-ring (bicyclic) bond motifs is 1. The van der Waals surface area contributed by atoms with Gasteiger partial charge in [0, 0.05) is 35.7 Å². The van der Waals surface area contributed by atoms with Crippen molar-refractivity contribution >= 4 is 29.0 Å². The van der Waals surface area contributed by atoms with Crippen LogP contribution in [0.1, 0.15) is 25.0 Å². The van der Waals surface area contributed by atoms with Crippen molar-refractivity contribution in [1.82, 2.24) is 19.7 Å². The van der Waals surface area contributed by atoms with E-state index in [1.54, 1.807) is 6.20 Å². The first-order valence-electron chi connectivity index (χ1n) is 9.33. The van der Waals surface area contributed by atoms with Gasteiger partial charge in [0.15, 0.2) is 18.1 Å². The van der Waals surface area contributed by atoms with E-state index in [2.05, 4.69) is 20.6 Å². The SMILES string of the molecule is Cc1cn2ccnc(NC34CC(NC(=O)COc5ccc(Cl)c(F)c5)(C3)C4)c2n1. The molecule has 3 saturated carbocycles. The van der Waals surface area contributed by atoms with E-state index < -0.39 is 5.82 Å². The minimum Gasteiger partial charge on any atom is -0.484 e.